The van der Waals surface area contributed by atoms with Crippen LogP contribution in [0.2, 0.25) is 0 Å². The summed E-state index contributed by atoms with van der Waals surface area (Å²) in [5.41, 5.74) is 1.33. The molecule has 0 radical (unpaired) electrons. The van der Waals surface area contributed by atoms with E-state index in [0.717, 1.165) is 28.0 Å². The molecule has 4 rings (SSSR count). The topological polar surface area (TPSA) is 84.1 Å². The van der Waals surface area contributed by atoms with Gasteiger partial charge in [0.15, 0.2) is 0 Å². The van der Waals surface area contributed by atoms with Gasteiger partial charge in [0.2, 0.25) is 0 Å². The molecule has 0 saturated heterocycles. The van der Waals surface area contributed by atoms with Crippen molar-refractivity contribution in [2.45, 2.75) is 16.8 Å². The zero-order valence-electron chi connectivity index (χ0n) is 17.8. The first-order valence-electron chi connectivity index (χ1n) is 10.0. The van der Waals surface area contributed by atoms with Crippen LogP contribution in [0.4, 0.5) is 18.9 Å². The lowest BCUT2D eigenvalue weighted by molar-refractivity contribution is -0.137. The smallest absolute Gasteiger partial charge is 0.416 e. The summed E-state index contributed by atoms with van der Waals surface area (Å²) in [7, 11) is 1.31. The van der Waals surface area contributed by atoms with Crippen molar-refractivity contribution in [1.82, 2.24) is 9.97 Å². The van der Waals surface area contributed by atoms with E-state index < -0.39 is 23.6 Å². The predicted molar refractivity (Wildman–Crippen MR) is 123 cm³/mol. The number of ether oxygens (including phenoxy) is 1. The van der Waals surface area contributed by atoms with Gasteiger partial charge in [-0.3, -0.25) is 4.79 Å². The molecule has 0 spiro atoms. The van der Waals surface area contributed by atoms with Crippen molar-refractivity contribution in [2.75, 3.05) is 12.4 Å². The van der Waals surface area contributed by atoms with Crippen LogP contribution >= 0.6 is 11.8 Å². The molecule has 6 nitrogen and oxygen atoms in total. The second-order valence-electron chi connectivity index (χ2n) is 7.31. The molecule has 4 aromatic rings. The molecular weight excluding hydrogens is 467 g/mol. The summed E-state index contributed by atoms with van der Waals surface area (Å²) in [6.45, 7) is 0. The quantitative estimate of drug-likeness (QED) is 0.262. The Balaban J connectivity index is 1.43. The van der Waals surface area contributed by atoms with Gasteiger partial charge >= 0.3 is 12.1 Å². The molecule has 0 bridgehead atoms. The van der Waals surface area contributed by atoms with Crippen molar-refractivity contribution in [3.05, 3.63) is 89.2 Å². The normalized spacial score (nSPS) is 11.4. The van der Waals surface area contributed by atoms with Crippen LogP contribution in [0.5, 0.6) is 0 Å². The fourth-order valence-corrected chi connectivity index (χ4v) is 4.11. The van der Waals surface area contributed by atoms with Gasteiger partial charge in [0.1, 0.15) is 11.3 Å². The molecule has 2 aromatic carbocycles. The highest BCUT2D eigenvalue weighted by Crippen LogP contribution is 2.30. The molecule has 1 amide bonds. The average molecular weight is 485 g/mol. The second kappa shape index (κ2) is 9.60. The third-order valence-electron chi connectivity index (χ3n) is 4.88. The molecule has 0 fully saturated rings. The number of carbonyl (C=O) groups excluding carboxylic acids is 2. The molecular formula is C24H18F3N3O3S. The monoisotopic (exact) mass is 485 g/mol. The zero-order chi connectivity index (χ0) is 24.3. The Bertz CT molecular complexity index is 1370. The minimum Gasteiger partial charge on any atom is -0.464 e. The van der Waals surface area contributed by atoms with Crippen LogP contribution in [-0.4, -0.2) is 29.0 Å². The van der Waals surface area contributed by atoms with E-state index in [1.807, 2.05) is 12.1 Å². The Kier molecular flexibility index (Phi) is 6.60. The highest BCUT2D eigenvalue weighted by atomic mass is 32.2. The lowest BCUT2D eigenvalue weighted by Gasteiger charge is -2.10. The number of nitrogens with zero attached hydrogens (tertiary/aromatic N) is 1. The number of halogens is 3. The van der Waals surface area contributed by atoms with E-state index in [4.69, 9.17) is 4.74 Å². The molecule has 0 saturated carbocycles. The van der Waals surface area contributed by atoms with E-state index in [1.54, 1.807) is 30.5 Å². The number of pyridine rings is 1. The summed E-state index contributed by atoms with van der Waals surface area (Å²) in [6.07, 6.45) is -2.82. The van der Waals surface area contributed by atoms with E-state index in [2.05, 4.69) is 15.3 Å². The molecule has 0 unspecified atom stereocenters. The number of benzene rings is 2. The molecule has 2 N–H and O–H groups in total. The number of aromatic amines is 1. The number of aromatic nitrogens is 2. The van der Waals surface area contributed by atoms with Gasteiger partial charge in [-0.25, -0.2) is 9.78 Å². The Morgan fingerprint density at radius 1 is 1.09 bits per heavy atom. The molecule has 10 heteroatoms. The van der Waals surface area contributed by atoms with E-state index >= 15 is 0 Å². The van der Waals surface area contributed by atoms with Gasteiger partial charge in [-0.15, -0.1) is 11.8 Å². The molecule has 0 aliphatic rings. The zero-order valence-corrected chi connectivity index (χ0v) is 18.6. The number of H-pyrrole nitrogens is 1. The van der Waals surface area contributed by atoms with Crippen molar-refractivity contribution in [3.8, 4) is 0 Å². The van der Waals surface area contributed by atoms with Crippen molar-refractivity contribution < 1.29 is 27.5 Å². The molecule has 34 heavy (non-hydrogen) atoms. The van der Waals surface area contributed by atoms with Crippen molar-refractivity contribution in [1.29, 1.82) is 0 Å². The number of hydrogen-bond acceptors (Lipinski definition) is 5. The fourth-order valence-electron chi connectivity index (χ4n) is 3.23. The number of amides is 1. The van der Waals surface area contributed by atoms with Crippen molar-refractivity contribution in [3.63, 3.8) is 0 Å². The lowest BCUT2D eigenvalue weighted by atomic mass is 10.1. The highest BCUT2D eigenvalue weighted by Gasteiger charge is 2.30. The van der Waals surface area contributed by atoms with Gasteiger partial charge in [0.25, 0.3) is 5.91 Å². The third kappa shape index (κ3) is 5.40. The van der Waals surface area contributed by atoms with Gasteiger partial charge in [-0.05, 0) is 54.1 Å². The standard InChI is InChI=1S/C24H18F3N3O3S/c1-33-23(32)20-10-16-8-14(12-28-21(16)30-20)13-34-19-7-3-6-18(11-19)29-22(31)15-4-2-5-17(9-15)24(25,26)27/h2-12H,13H2,1H3,(H,28,30)(H,29,31). The lowest BCUT2D eigenvalue weighted by Crippen LogP contribution is -2.13. The van der Waals surface area contributed by atoms with Gasteiger partial charge in [-0.1, -0.05) is 12.1 Å². The molecule has 0 atom stereocenters. The maximum Gasteiger partial charge on any atom is 0.416 e. The van der Waals surface area contributed by atoms with Crippen molar-refractivity contribution >= 4 is 40.4 Å². The van der Waals surface area contributed by atoms with E-state index in [9.17, 15) is 22.8 Å². The number of methoxy groups -OCH3 is 1. The maximum absolute atomic E-state index is 12.9. The second-order valence-corrected chi connectivity index (χ2v) is 8.35. The Hall–Kier alpha value is -3.79. The Labute approximate surface area is 196 Å². The third-order valence-corrected chi connectivity index (χ3v) is 5.95. The number of anilines is 1. The van der Waals surface area contributed by atoms with Crippen molar-refractivity contribution in [2.24, 2.45) is 0 Å². The molecule has 2 aromatic heterocycles. The summed E-state index contributed by atoms with van der Waals surface area (Å²) >= 11 is 1.50. The minimum absolute atomic E-state index is 0.0786. The number of fused-ring (bicyclic) bond motifs is 1. The van der Waals surface area contributed by atoms with Crippen LogP contribution in [0.1, 0.15) is 32.0 Å². The first kappa shape index (κ1) is 23.4. The molecule has 0 aliphatic heterocycles. The van der Waals surface area contributed by atoms with Gasteiger partial charge in [-0.2, -0.15) is 13.2 Å². The summed E-state index contributed by atoms with van der Waals surface area (Å²) < 4.78 is 43.4. The number of esters is 1. The summed E-state index contributed by atoms with van der Waals surface area (Å²) in [4.78, 5) is 32.2. The largest absolute Gasteiger partial charge is 0.464 e. The average Bonchev–Trinajstić information content (AvgIpc) is 3.25. The van der Waals surface area contributed by atoms with Crippen LogP contribution in [0.15, 0.2) is 71.8 Å². The number of hydrogen-bond donors (Lipinski definition) is 2. The molecule has 2 heterocycles. The number of carbonyl (C=O) groups is 2. The van der Waals surface area contributed by atoms with Gasteiger partial charge in [0, 0.05) is 33.5 Å². The van der Waals surface area contributed by atoms with E-state index in [0.29, 0.717) is 22.8 Å². The van der Waals surface area contributed by atoms with E-state index in [1.165, 1.54) is 31.0 Å². The number of alkyl halides is 3. The minimum atomic E-state index is -4.52. The molecule has 0 aliphatic carbocycles. The van der Waals surface area contributed by atoms with E-state index in [-0.39, 0.29) is 5.56 Å². The van der Waals surface area contributed by atoms with Crippen LogP contribution < -0.4 is 5.32 Å². The Morgan fingerprint density at radius 3 is 2.65 bits per heavy atom. The van der Waals surface area contributed by atoms with Crippen LogP contribution in [0, 0.1) is 0 Å². The Morgan fingerprint density at radius 2 is 1.88 bits per heavy atom. The maximum atomic E-state index is 12.9. The summed E-state index contributed by atoms with van der Waals surface area (Å²) in [6, 6.07) is 14.9. The summed E-state index contributed by atoms with van der Waals surface area (Å²) in [5.74, 6) is -0.526. The highest BCUT2D eigenvalue weighted by molar-refractivity contribution is 7.98. The first-order chi connectivity index (χ1) is 16.2. The number of nitrogens with one attached hydrogen (secondary N) is 2. The molecule has 174 valence electrons. The van der Waals surface area contributed by atoms with Crippen LogP contribution in [-0.2, 0) is 16.7 Å². The van der Waals surface area contributed by atoms with Crippen LogP contribution in [0.25, 0.3) is 11.0 Å². The SMILES string of the molecule is COC(=O)c1cc2cc(CSc3cccc(NC(=O)c4cccc(C(F)(F)F)c4)c3)cnc2[nH]1. The number of rotatable bonds is 6. The number of thioether (sulfide) groups is 1. The van der Waals surface area contributed by atoms with Crippen LogP contribution in [0.3, 0.4) is 0 Å². The first-order valence-corrected chi connectivity index (χ1v) is 11.0. The van der Waals surface area contributed by atoms with Gasteiger partial charge in [0.05, 0.1) is 12.7 Å². The fraction of sp³-hybridized carbons (Fsp3) is 0.125. The van der Waals surface area contributed by atoms with Gasteiger partial charge < -0.3 is 15.0 Å². The summed E-state index contributed by atoms with van der Waals surface area (Å²) in [5, 5.41) is 3.42. The predicted octanol–water partition coefficient (Wildman–Crippen LogP) is 5.91.